The first-order valence-electron chi connectivity index (χ1n) is 9.50. The van der Waals surface area contributed by atoms with Gasteiger partial charge in [0, 0.05) is 26.2 Å². The van der Waals surface area contributed by atoms with Gasteiger partial charge in [0.05, 0.1) is 26.1 Å². The minimum absolute atomic E-state index is 0.0153. The van der Waals surface area contributed by atoms with Gasteiger partial charge in [0.15, 0.2) is 5.16 Å². The van der Waals surface area contributed by atoms with Gasteiger partial charge in [-0.25, -0.2) is 0 Å². The Kier molecular flexibility index (Phi) is 7.55. The average Bonchev–Trinajstić information content (AvgIpc) is 3.16. The maximum atomic E-state index is 12.2. The van der Waals surface area contributed by atoms with Gasteiger partial charge in [-0.15, -0.1) is 10.2 Å². The molecular weight excluding hydrogens is 378 g/mol. The summed E-state index contributed by atoms with van der Waals surface area (Å²) in [7, 11) is 1.66. The zero-order valence-electron chi connectivity index (χ0n) is 16.4. The first-order chi connectivity index (χ1) is 13.7. The third-order valence-electron chi connectivity index (χ3n) is 4.55. The molecule has 0 radical (unpaired) electrons. The Morgan fingerprint density at radius 2 is 2.07 bits per heavy atom. The molecule has 8 nitrogen and oxygen atoms in total. The highest BCUT2D eigenvalue weighted by molar-refractivity contribution is 7.99. The summed E-state index contributed by atoms with van der Waals surface area (Å²) in [5.74, 6) is 1.99. The fraction of sp³-hybridized carbons (Fsp3) is 0.526. The average molecular weight is 406 g/mol. The molecule has 9 heteroatoms. The van der Waals surface area contributed by atoms with Gasteiger partial charge in [-0.2, -0.15) is 0 Å². The summed E-state index contributed by atoms with van der Waals surface area (Å²) in [6.45, 7) is 6.42. The summed E-state index contributed by atoms with van der Waals surface area (Å²) < 4.78 is 12.8. The number of amides is 1. The molecule has 1 saturated heterocycles. The number of anilines is 1. The Balaban J connectivity index is 1.48. The number of hydrogen-bond donors (Lipinski definition) is 1. The SMILES string of the molecule is CCn1c(SCC(=O)NCCc2ccccc2OC)nnc1N1CCOCC1. The van der Waals surface area contributed by atoms with Crippen LogP contribution in [0.15, 0.2) is 29.4 Å². The van der Waals surface area contributed by atoms with E-state index in [1.54, 1.807) is 7.11 Å². The largest absolute Gasteiger partial charge is 0.496 e. The van der Waals surface area contributed by atoms with E-state index in [2.05, 4.69) is 31.9 Å². The first kappa shape index (κ1) is 20.5. The van der Waals surface area contributed by atoms with E-state index < -0.39 is 0 Å². The summed E-state index contributed by atoms with van der Waals surface area (Å²) in [6, 6.07) is 7.85. The quantitative estimate of drug-likeness (QED) is 0.635. The van der Waals surface area contributed by atoms with E-state index in [4.69, 9.17) is 9.47 Å². The van der Waals surface area contributed by atoms with Crippen LogP contribution in [0.2, 0.25) is 0 Å². The molecule has 1 N–H and O–H groups in total. The Bertz CT molecular complexity index is 777. The summed E-state index contributed by atoms with van der Waals surface area (Å²) >= 11 is 1.41. The van der Waals surface area contributed by atoms with Gasteiger partial charge in [-0.3, -0.25) is 9.36 Å². The normalized spacial score (nSPS) is 14.1. The third-order valence-corrected chi connectivity index (χ3v) is 5.52. The van der Waals surface area contributed by atoms with E-state index in [0.29, 0.717) is 25.5 Å². The van der Waals surface area contributed by atoms with Crippen molar-refractivity contribution in [2.45, 2.75) is 25.0 Å². The molecule has 0 bridgehead atoms. The lowest BCUT2D eigenvalue weighted by atomic mass is 10.1. The molecule has 28 heavy (non-hydrogen) atoms. The molecule has 1 aliphatic rings. The van der Waals surface area contributed by atoms with Crippen molar-refractivity contribution >= 4 is 23.6 Å². The van der Waals surface area contributed by atoms with Crippen LogP contribution < -0.4 is 15.0 Å². The number of carbonyl (C=O) groups excluding carboxylic acids is 1. The Morgan fingerprint density at radius 3 is 2.82 bits per heavy atom. The fourth-order valence-electron chi connectivity index (χ4n) is 3.09. The highest BCUT2D eigenvalue weighted by Crippen LogP contribution is 2.22. The molecule has 1 aromatic carbocycles. The van der Waals surface area contributed by atoms with Crippen molar-refractivity contribution in [3.8, 4) is 5.75 Å². The van der Waals surface area contributed by atoms with Gasteiger partial charge in [-0.05, 0) is 25.0 Å². The third kappa shape index (κ3) is 5.17. The Labute approximate surface area is 169 Å². The van der Waals surface area contributed by atoms with Crippen LogP contribution in [0, 0.1) is 0 Å². The monoisotopic (exact) mass is 405 g/mol. The number of hydrogen-bond acceptors (Lipinski definition) is 7. The minimum atomic E-state index is -0.0153. The summed E-state index contributed by atoms with van der Waals surface area (Å²) in [6.07, 6.45) is 0.729. The number of thioether (sulfide) groups is 1. The van der Waals surface area contributed by atoms with Crippen LogP contribution in [-0.4, -0.2) is 66.4 Å². The number of benzene rings is 1. The molecule has 2 aromatic rings. The van der Waals surface area contributed by atoms with E-state index in [9.17, 15) is 4.79 Å². The number of ether oxygens (including phenoxy) is 2. The first-order valence-corrected chi connectivity index (χ1v) is 10.5. The van der Waals surface area contributed by atoms with E-state index >= 15 is 0 Å². The fourth-order valence-corrected chi connectivity index (χ4v) is 3.92. The van der Waals surface area contributed by atoms with Crippen LogP contribution in [0.1, 0.15) is 12.5 Å². The van der Waals surface area contributed by atoms with Crippen molar-refractivity contribution in [2.24, 2.45) is 0 Å². The molecule has 1 aromatic heterocycles. The number of methoxy groups -OCH3 is 1. The minimum Gasteiger partial charge on any atom is -0.496 e. The summed E-state index contributed by atoms with van der Waals surface area (Å²) in [5, 5.41) is 12.3. The zero-order chi connectivity index (χ0) is 19.8. The van der Waals surface area contributed by atoms with Crippen molar-refractivity contribution < 1.29 is 14.3 Å². The lowest BCUT2D eigenvalue weighted by Gasteiger charge is -2.27. The van der Waals surface area contributed by atoms with E-state index in [-0.39, 0.29) is 5.91 Å². The molecule has 152 valence electrons. The molecule has 3 rings (SSSR count). The number of nitrogens with zero attached hydrogens (tertiary/aromatic N) is 4. The van der Waals surface area contributed by atoms with Gasteiger partial charge in [-0.1, -0.05) is 30.0 Å². The van der Waals surface area contributed by atoms with Crippen LogP contribution in [-0.2, 0) is 22.5 Å². The van der Waals surface area contributed by atoms with E-state index in [1.807, 2.05) is 24.3 Å². The van der Waals surface area contributed by atoms with Gasteiger partial charge < -0.3 is 19.7 Å². The second-order valence-electron chi connectivity index (χ2n) is 6.33. The van der Waals surface area contributed by atoms with Crippen molar-refractivity contribution in [1.82, 2.24) is 20.1 Å². The van der Waals surface area contributed by atoms with Gasteiger partial charge in [0.2, 0.25) is 11.9 Å². The second-order valence-corrected chi connectivity index (χ2v) is 7.27. The van der Waals surface area contributed by atoms with E-state index in [0.717, 1.165) is 48.5 Å². The van der Waals surface area contributed by atoms with Crippen molar-refractivity contribution in [2.75, 3.05) is 50.6 Å². The molecule has 0 spiro atoms. The van der Waals surface area contributed by atoms with Crippen LogP contribution >= 0.6 is 11.8 Å². The predicted octanol–water partition coefficient (Wildman–Crippen LogP) is 1.59. The molecule has 1 amide bonds. The summed E-state index contributed by atoms with van der Waals surface area (Å²) in [5.41, 5.74) is 1.08. The number of rotatable bonds is 9. The van der Waals surface area contributed by atoms with Gasteiger partial charge >= 0.3 is 0 Å². The second kappa shape index (κ2) is 10.3. The summed E-state index contributed by atoms with van der Waals surface area (Å²) in [4.78, 5) is 14.4. The van der Waals surface area contributed by atoms with Crippen LogP contribution in [0.25, 0.3) is 0 Å². The highest BCUT2D eigenvalue weighted by atomic mass is 32.2. The number of morpholine rings is 1. The molecule has 2 heterocycles. The number of nitrogens with one attached hydrogen (secondary N) is 1. The van der Waals surface area contributed by atoms with Crippen molar-refractivity contribution in [3.05, 3.63) is 29.8 Å². The maximum Gasteiger partial charge on any atom is 0.230 e. The lowest BCUT2D eigenvalue weighted by molar-refractivity contribution is -0.118. The highest BCUT2D eigenvalue weighted by Gasteiger charge is 2.20. The number of para-hydroxylation sites is 1. The molecule has 1 aliphatic heterocycles. The zero-order valence-corrected chi connectivity index (χ0v) is 17.2. The lowest BCUT2D eigenvalue weighted by Crippen LogP contribution is -2.38. The Morgan fingerprint density at radius 1 is 1.29 bits per heavy atom. The van der Waals surface area contributed by atoms with Gasteiger partial charge in [0.25, 0.3) is 0 Å². The van der Waals surface area contributed by atoms with Crippen LogP contribution in [0.5, 0.6) is 5.75 Å². The Hall–Kier alpha value is -2.26. The van der Waals surface area contributed by atoms with E-state index in [1.165, 1.54) is 11.8 Å². The van der Waals surface area contributed by atoms with Gasteiger partial charge in [0.1, 0.15) is 5.75 Å². The standard InChI is InChI=1S/C19H27N5O3S/c1-3-24-18(23-10-12-27-13-11-23)21-22-19(24)28-14-17(25)20-9-8-15-6-4-5-7-16(15)26-2/h4-7H,3,8-14H2,1-2H3,(H,20,25). The number of aromatic nitrogens is 3. The number of carbonyl (C=O) groups is 1. The molecule has 0 saturated carbocycles. The van der Waals surface area contributed by atoms with Crippen LogP contribution in [0.3, 0.4) is 0 Å². The molecule has 0 unspecified atom stereocenters. The molecule has 0 aliphatic carbocycles. The van der Waals surface area contributed by atoms with Crippen LogP contribution in [0.4, 0.5) is 5.95 Å². The molecular formula is C19H27N5O3S. The topological polar surface area (TPSA) is 81.5 Å². The molecule has 0 atom stereocenters. The van der Waals surface area contributed by atoms with Crippen molar-refractivity contribution in [3.63, 3.8) is 0 Å². The van der Waals surface area contributed by atoms with Crippen molar-refractivity contribution in [1.29, 1.82) is 0 Å². The predicted molar refractivity (Wildman–Crippen MR) is 109 cm³/mol. The molecule has 1 fully saturated rings. The smallest absolute Gasteiger partial charge is 0.230 e. The maximum absolute atomic E-state index is 12.2.